The number of unbranched alkanes of at least 4 members (excludes halogenated alkanes) is 5. The largest absolute Gasteiger partial charge is 0.388 e. The number of aliphatic hydroxyl groups is 1. The Hall–Kier alpha value is -0.530. The van der Waals surface area contributed by atoms with Crippen LogP contribution in [0.25, 0.3) is 0 Å². The van der Waals surface area contributed by atoms with Crippen molar-refractivity contribution < 1.29 is 5.11 Å². The van der Waals surface area contributed by atoms with Crippen molar-refractivity contribution in [3.05, 3.63) is 34.3 Å². The molecule has 2 heteroatoms. The molecule has 0 bridgehead atoms. The normalized spacial score (nSPS) is 12.7. The molecule has 1 unspecified atom stereocenters. The number of hydrogen-bond donors (Lipinski definition) is 1. The maximum atomic E-state index is 10.2. The van der Waals surface area contributed by atoms with E-state index in [9.17, 15) is 5.11 Å². The fourth-order valence-corrected chi connectivity index (χ4v) is 2.42. The summed E-state index contributed by atoms with van der Waals surface area (Å²) in [5.74, 6) is 0. The fourth-order valence-electron chi connectivity index (χ4n) is 2.24. The van der Waals surface area contributed by atoms with Gasteiger partial charge in [0.2, 0.25) is 0 Å². The molecule has 0 spiro atoms. The highest BCUT2D eigenvalue weighted by atomic mass is 35.5. The van der Waals surface area contributed by atoms with E-state index in [0.29, 0.717) is 5.02 Å². The summed E-state index contributed by atoms with van der Waals surface area (Å²) >= 11 is 5.97. The molecule has 0 saturated heterocycles. The minimum absolute atomic E-state index is 0.366. The first-order valence-corrected chi connectivity index (χ1v) is 7.47. The minimum atomic E-state index is -0.366. The van der Waals surface area contributed by atoms with E-state index in [4.69, 9.17) is 11.6 Å². The standard InChI is InChI=1S/C16H25ClO/c1-3-4-5-6-7-8-9-16(18)15-12-14(17)11-10-13(15)2/h10-12,16,18H,3-9H2,1-2H3. The highest BCUT2D eigenvalue weighted by Gasteiger charge is 2.10. The summed E-state index contributed by atoms with van der Waals surface area (Å²) in [6.45, 7) is 4.25. The zero-order valence-corrected chi connectivity index (χ0v) is 12.3. The SMILES string of the molecule is CCCCCCCCC(O)c1cc(Cl)ccc1C. The molecule has 1 N–H and O–H groups in total. The number of benzene rings is 1. The maximum absolute atomic E-state index is 10.2. The van der Waals surface area contributed by atoms with Crippen LogP contribution >= 0.6 is 11.6 Å². The molecular formula is C16H25ClO. The lowest BCUT2D eigenvalue weighted by molar-refractivity contribution is 0.162. The quantitative estimate of drug-likeness (QED) is 0.623. The van der Waals surface area contributed by atoms with Gasteiger partial charge in [-0.3, -0.25) is 0 Å². The molecular weight excluding hydrogens is 244 g/mol. The Kier molecular flexibility index (Phi) is 7.38. The molecule has 102 valence electrons. The van der Waals surface area contributed by atoms with Crippen molar-refractivity contribution in [3.63, 3.8) is 0 Å². The van der Waals surface area contributed by atoms with Crippen LogP contribution in [0.4, 0.5) is 0 Å². The third-order valence-electron chi connectivity index (χ3n) is 3.43. The predicted molar refractivity (Wildman–Crippen MR) is 79.1 cm³/mol. The topological polar surface area (TPSA) is 20.2 Å². The summed E-state index contributed by atoms with van der Waals surface area (Å²) in [6.07, 6.45) is 8.01. The van der Waals surface area contributed by atoms with E-state index in [-0.39, 0.29) is 6.10 Å². The van der Waals surface area contributed by atoms with Gasteiger partial charge in [-0.2, -0.15) is 0 Å². The van der Waals surface area contributed by atoms with Gasteiger partial charge < -0.3 is 5.11 Å². The van der Waals surface area contributed by atoms with E-state index in [0.717, 1.165) is 24.0 Å². The van der Waals surface area contributed by atoms with Crippen molar-refractivity contribution >= 4 is 11.6 Å². The van der Waals surface area contributed by atoms with Gasteiger partial charge in [0.1, 0.15) is 0 Å². The molecule has 1 aromatic rings. The summed E-state index contributed by atoms with van der Waals surface area (Å²) in [7, 11) is 0. The van der Waals surface area contributed by atoms with Gasteiger partial charge in [-0.1, -0.05) is 63.1 Å². The number of aliphatic hydroxyl groups excluding tert-OH is 1. The van der Waals surface area contributed by atoms with Gasteiger partial charge in [0.25, 0.3) is 0 Å². The number of hydrogen-bond acceptors (Lipinski definition) is 1. The maximum Gasteiger partial charge on any atom is 0.0793 e. The summed E-state index contributed by atoms with van der Waals surface area (Å²) in [6, 6.07) is 5.73. The van der Waals surface area contributed by atoms with E-state index < -0.39 is 0 Å². The Bertz CT molecular complexity index is 349. The van der Waals surface area contributed by atoms with E-state index >= 15 is 0 Å². The first-order chi connectivity index (χ1) is 8.65. The first-order valence-electron chi connectivity index (χ1n) is 7.09. The first kappa shape index (κ1) is 15.5. The smallest absolute Gasteiger partial charge is 0.0793 e. The molecule has 0 fully saturated rings. The number of rotatable bonds is 8. The van der Waals surface area contributed by atoms with Crippen LogP contribution in [0.15, 0.2) is 18.2 Å². The summed E-state index contributed by atoms with van der Waals surface area (Å²) < 4.78 is 0. The molecule has 0 heterocycles. The molecule has 0 saturated carbocycles. The van der Waals surface area contributed by atoms with Crippen molar-refractivity contribution in [3.8, 4) is 0 Å². The van der Waals surface area contributed by atoms with Crippen LogP contribution in [-0.2, 0) is 0 Å². The predicted octanol–water partition coefficient (Wildman–Crippen LogP) is 5.43. The second-order valence-electron chi connectivity index (χ2n) is 5.07. The highest BCUT2D eigenvalue weighted by Crippen LogP contribution is 2.25. The van der Waals surface area contributed by atoms with Crippen LogP contribution in [-0.4, -0.2) is 5.11 Å². The van der Waals surface area contributed by atoms with Crippen LogP contribution in [0, 0.1) is 6.92 Å². The van der Waals surface area contributed by atoms with Gasteiger partial charge in [-0.25, -0.2) is 0 Å². The average Bonchev–Trinajstić information content (AvgIpc) is 2.36. The molecule has 1 aromatic carbocycles. The van der Waals surface area contributed by atoms with Crippen molar-refractivity contribution in [2.24, 2.45) is 0 Å². The van der Waals surface area contributed by atoms with Gasteiger partial charge in [-0.15, -0.1) is 0 Å². The van der Waals surface area contributed by atoms with E-state index in [1.54, 1.807) is 0 Å². The lowest BCUT2D eigenvalue weighted by Gasteiger charge is -2.14. The van der Waals surface area contributed by atoms with Crippen LogP contribution in [0.1, 0.15) is 69.1 Å². The Morgan fingerprint density at radius 2 is 1.78 bits per heavy atom. The molecule has 1 rings (SSSR count). The summed E-state index contributed by atoms with van der Waals surface area (Å²) in [4.78, 5) is 0. The Labute approximate surface area is 116 Å². The Morgan fingerprint density at radius 3 is 2.50 bits per heavy atom. The molecule has 0 aromatic heterocycles. The van der Waals surface area contributed by atoms with Crippen LogP contribution in [0.2, 0.25) is 5.02 Å². The van der Waals surface area contributed by atoms with Crippen molar-refractivity contribution in [1.82, 2.24) is 0 Å². The Balaban J connectivity index is 2.31. The third-order valence-corrected chi connectivity index (χ3v) is 3.67. The lowest BCUT2D eigenvalue weighted by atomic mass is 9.98. The molecule has 1 nitrogen and oxygen atoms in total. The summed E-state index contributed by atoms with van der Waals surface area (Å²) in [5.41, 5.74) is 2.11. The molecule has 18 heavy (non-hydrogen) atoms. The molecule has 0 radical (unpaired) electrons. The molecule has 0 amide bonds. The van der Waals surface area contributed by atoms with Crippen LogP contribution in [0.3, 0.4) is 0 Å². The monoisotopic (exact) mass is 268 g/mol. The van der Waals surface area contributed by atoms with Gasteiger partial charge in [0.05, 0.1) is 6.10 Å². The highest BCUT2D eigenvalue weighted by molar-refractivity contribution is 6.30. The molecule has 0 aliphatic carbocycles. The average molecular weight is 269 g/mol. The lowest BCUT2D eigenvalue weighted by Crippen LogP contribution is -2.00. The fraction of sp³-hybridized carbons (Fsp3) is 0.625. The van der Waals surface area contributed by atoms with E-state index in [1.807, 2.05) is 25.1 Å². The van der Waals surface area contributed by atoms with Crippen molar-refractivity contribution in [1.29, 1.82) is 0 Å². The van der Waals surface area contributed by atoms with Gasteiger partial charge in [0.15, 0.2) is 0 Å². The van der Waals surface area contributed by atoms with E-state index in [1.165, 1.54) is 32.1 Å². The van der Waals surface area contributed by atoms with Crippen molar-refractivity contribution in [2.45, 2.75) is 64.9 Å². The van der Waals surface area contributed by atoms with Gasteiger partial charge in [-0.05, 0) is 36.6 Å². The second kappa shape index (κ2) is 8.55. The van der Waals surface area contributed by atoms with Crippen LogP contribution in [0.5, 0.6) is 0 Å². The molecule has 0 aliphatic rings. The van der Waals surface area contributed by atoms with E-state index in [2.05, 4.69) is 6.92 Å². The minimum Gasteiger partial charge on any atom is -0.388 e. The number of halogens is 1. The van der Waals surface area contributed by atoms with Gasteiger partial charge >= 0.3 is 0 Å². The third kappa shape index (κ3) is 5.41. The molecule has 0 aliphatic heterocycles. The zero-order valence-electron chi connectivity index (χ0n) is 11.6. The Morgan fingerprint density at radius 1 is 1.11 bits per heavy atom. The van der Waals surface area contributed by atoms with Crippen molar-refractivity contribution in [2.75, 3.05) is 0 Å². The number of aryl methyl sites for hydroxylation is 1. The van der Waals surface area contributed by atoms with Crippen LogP contribution < -0.4 is 0 Å². The zero-order chi connectivity index (χ0) is 13.4. The molecule has 1 atom stereocenters. The summed E-state index contributed by atoms with van der Waals surface area (Å²) in [5, 5.41) is 10.9. The van der Waals surface area contributed by atoms with Gasteiger partial charge in [0, 0.05) is 5.02 Å². The second-order valence-corrected chi connectivity index (χ2v) is 5.51.